The van der Waals surface area contributed by atoms with Crippen LogP contribution in [0.15, 0.2) is 0 Å². The quantitative estimate of drug-likeness (QED) is 0.0442. The Kier molecular flexibility index (Phi) is 44.4. The van der Waals surface area contributed by atoms with E-state index in [1.165, 1.54) is 307 Å². The van der Waals surface area contributed by atoms with Crippen molar-refractivity contribution < 1.29 is 0 Å². The fraction of sp³-hybridized carbons (Fsp3) is 1.00. The van der Waals surface area contributed by atoms with Crippen LogP contribution in [-0.4, -0.2) is 60.6 Å². The molecule has 0 bridgehead atoms. The first-order chi connectivity index (χ1) is 32.5. The van der Waals surface area contributed by atoms with E-state index in [1.54, 1.807) is 12.8 Å². The van der Waals surface area contributed by atoms with Crippen LogP contribution in [0.1, 0.15) is 323 Å². The van der Waals surface area contributed by atoms with Gasteiger partial charge in [-0.05, 0) is 76.3 Å². The van der Waals surface area contributed by atoms with Crippen LogP contribution >= 0.6 is 21.6 Å². The molecule has 0 aromatic carbocycles. The number of hydrogen-bond acceptors (Lipinski definition) is 4. The van der Waals surface area contributed by atoms with Crippen LogP contribution in [0, 0.1) is 23.7 Å². The van der Waals surface area contributed by atoms with Crippen molar-refractivity contribution in [3.63, 3.8) is 0 Å². The average molecular weight is 962 g/mol. The number of rotatable bonds is 55. The lowest BCUT2D eigenvalue weighted by atomic mass is 9.98. The minimum Gasteiger partial charge on any atom is -0.303 e. The molecule has 2 aliphatic carbocycles. The highest BCUT2D eigenvalue weighted by molar-refractivity contribution is 8.76. The van der Waals surface area contributed by atoms with E-state index in [1.807, 2.05) is 0 Å². The number of unbranched alkanes of at least 4 members (excludes halogenated alkanes) is 30. The lowest BCUT2D eigenvalue weighted by Crippen LogP contribution is -2.34. The summed E-state index contributed by atoms with van der Waals surface area (Å²) < 4.78 is 0. The molecule has 2 nitrogen and oxygen atoms in total. The van der Waals surface area contributed by atoms with Crippen LogP contribution in [0.5, 0.6) is 0 Å². The van der Waals surface area contributed by atoms with Gasteiger partial charge in [-0.3, -0.25) is 0 Å². The van der Waals surface area contributed by atoms with Gasteiger partial charge in [0.2, 0.25) is 0 Å². The molecule has 0 aliphatic heterocycles. The molecular formula is C62H124N2S2. The molecule has 4 heteroatoms. The molecule has 394 valence electrons. The minimum absolute atomic E-state index is 0.798. The summed E-state index contributed by atoms with van der Waals surface area (Å²) in [5.74, 6) is 6.92. The number of nitrogens with zero attached hydrogens (tertiary/aromatic N) is 2. The molecule has 0 radical (unpaired) electrons. The van der Waals surface area contributed by atoms with Crippen molar-refractivity contribution in [1.82, 2.24) is 9.80 Å². The zero-order chi connectivity index (χ0) is 47.4. The third-order valence-corrected chi connectivity index (χ3v) is 19.3. The molecule has 0 amide bonds. The Morgan fingerprint density at radius 1 is 0.303 bits per heavy atom. The van der Waals surface area contributed by atoms with Crippen molar-refractivity contribution in [2.45, 2.75) is 335 Å². The summed E-state index contributed by atoms with van der Waals surface area (Å²) in [6, 6.07) is 1.60. The third-order valence-electron chi connectivity index (χ3n) is 16.9. The van der Waals surface area contributed by atoms with E-state index >= 15 is 0 Å². The lowest BCUT2D eigenvalue weighted by Gasteiger charge is -2.29. The van der Waals surface area contributed by atoms with Gasteiger partial charge < -0.3 is 9.80 Å². The predicted molar refractivity (Wildman–Crippen MR) is 307 cm³/mol. The van der Waals surface area contributed by atoms with E-state index in [4.69, 9.17) is 0 Å². The van der Waals surface area contributed by atoms with Crippen molar-refractivity contribution in [3.8, 4) is 0 Å². The first-order valence-electron chi connectivity index (χ1n) is 31.2. The zero-order valence-electron chi connectivity index (χ0n) is 46.5. The first-order valence-corrected chi connectivity index (χ1v) is 33.7. The van der Waals surface area contributed by atoms with Crippen LogP contribution in [0.25, 0.3) is 0 Å². The fourth-order valence-electron chi connectivity index (χ4n) is 11.7. The third kappa shape index (κ3) is 37.4. The molecule has 6 atom stereocenters. The summed E-state index contributed by atoms with van der Waals surface area (Å²) in [6.45, 7) is 11.9. The van der Waals surface area contributed by atoms with Crippen LogP contribution in [0.4, 0.5) is 0 Å². The molecule has 2 aliphatic rings. The average Bonchev–Trinajstić information content (AvgIpc) is 4.26. The minimum atomic E-state index is 0.798. The van der Waals surface area contributed by atoms with Gasteiger partial charge in [-0.2, -0.15) is 0 Å². The molecule has 0 aromatic heterocycles. The highest BCUT2D eigenvalue weighted by atomic mass is 33.1. The van der Waals surface area contributed by atoms with E-state index in [0.29, 0.717) is 0 Å². The second kappa shape index (κ2) is 46.7. The van der Waals surface area contributed by atoms with E-state index < -0.39 is 0 Å². The zero-order valence-corrected chi connectivity index (χ0v) is 48.2. The highest BCUT2D eigenvalue weighted by Gasteiger charge is 2.36. The maximum Gasteiger partial charge on any atom is 0.0165 e. The second-order valence-electron chi connectivity index (χ2n) is 23.0. The maximum absolute atomic E-state index is 2.79. The summed E-state index contributed by atoms with van der Waals surface area (Å²) in [5, 5.41) is 0. The summed E-state index contributed by atoms with van der Waals surface area (Å²) in [7, 11) is 9.29. The van der Waals surface area contributed by atoms with Crippen LogP contribution in [0.2, 0.25) is 0 Å². The van der Waals surface area contributed by atoms with Gasteiger partial charge in [-0.1, -0.05) is 306 Å². The molecule has 0 N–H and O–H groups in total. The topological polar surface area (TPSA) is 6.48 Å². The van der Waals surface area contributed by atoms with Gasteiger partial charge in [-0.15, -0.1) is 0 Å². The Bertz CT molecular complexity index is 899. The van der Waals surface area contributed by atoms with E-state index in [9.17, 15) is 0 Å². The molecule has 6 unspecified atom stereocenters. The van der Waals surface area contributed by atoms with Gasteiger partial charge in [0.25, 0.3) is 0 Å². The lowest BCUT2D eigenvalue weighted by molar-refractivity contribution is 0.220. The smallest absolute Gasteiger partial charge is 0.0165 e. The SMILES string of the molecule is CCCCCCCCCCCC1CC1CCCCC(CCCCCCCCC)N(C)CCSSCCN(C)C(CCCCCCCCC)CCCCC1CC1CCCCCCCCCCC. The summed E-state index contributed by atoms with van der Waals surface area (Å²) >= 11 is 0. The van der Waals surface area contributed by atoms with Gasteiger partial charge in [0.05, 0.1) is 0 Å². The van der Waals surface area contributed by atoms with E-state index in [0.717, 1.165) is 35.8 Å². The van der Waals surface area contributed by atoms with Gasteiger partial charge in [0, 0.05) is 36.7 Å². The maximum atomic E-state index is 2.79. The van der Waals surface area contributed by atoms with E-state index in [2.05, 4.69) is 73.2 Å². The van der Waals surface area contributed by atoms with Gasteiger partial charge in [0.1, 0.15) is 0 Å². The molecule has 2 fully saturated rings. The second-order valence-corrected chi connectivity index (χ2v) is 25.7. The molecule has 0 spiro atoms. The Morgan fingerprint density at radius 3 is 0.788 bits per heavy atom. The molecule has 2 rings (SSSR count). The predicted octanol–water partition coefficient (Wildman–Crippen LogP) is 21.5. The van der Waals surface area contributed by atoms with Gasteiger partial charge in [-0.25, -0.2) is 0 Å². The van der Waals surface area contributed by atoms with Crippen molar-refractivity contribution in [2.75, 3.05) is 38.7 Å². The Hall–Kier alpha value is 0.620. The molecule has 0 heterocycles. The molecule has 0 saturated heterocycles. The Balaban J connectivity index is 1.64. The largest absolute Gasteiger partial charge is 0.303 e. The van der Waals surface area contributed by atoms with Crippen molar-refractivity contribution in [2.24, 2.45) is 23.7 Å². The Morgan fingerprint density at radius 2 is 0.515 bits per heavy atom. The fourth-order valence-corrected chi connectivity index (χ4v) is 13.8. The molecule has 2 saturated carbocycles. The van der Waals surface area contributed by atoms with Gasteiger partial charge >= 0.3 is 0 Å². The normalized spacial score (nSPS) is 19.1. The standard InChI is InChI=1S/C62H124N2S2/c1-7-11-15-19-23-25-29-31-35-43-57-55-59(57)45-39-41-49-61(47-37-33-27-21-17-13-9-3)63(5)51-53-65-66-54-52-64(6)62(48-38-34-28-22-18-14-10-4)50-42-40-46-60-56-58(60)44-36-32-30-26-24-20-16-12-8-2/h57-62H,7-56H2,1-6H3. The summed E-state index contributed by atoms with van der Waals surface area (Å²) in [5.41, 5.74) is 0. The summed E-state index contributed by atoms with van der Waals surface area (Å²) in [4.78, 5) is 5.58. The van der Waals surface area contributed by atoms with Crippen molar-refractivity contribution >= 4 is 21.6 Å². The highest BCUT2D eigenvalue weighted by Crippen LogP contribution is 2.47. The van der Waals surface area contributed by atoms with Crippen LogP contribution < -0.4 is 0 Å². The molecule has 0 aromatic rings. The molecular weight excluding hydrogens is 837 g/mol. The Labute approximate surface area is 426 Å². The van der Waals surface area contributed by atoms with Crippen LogP contribution in [0.3, 0.4) is 0 Å². The van der Waals surface area contributed by atoms with Crippen LogP contribution in [-0.2, 0) is 0 Å². The first kappa shape index (κ1) is 62.7. The molecule has 66 heavy (non-hydrogen) atoms. The van der Waals surface area contributed by atoms with Crippen molar-refractivity contribution in [3.05, 3.63) is 0 Å². The van der Waals surface area contributed by atoms with Crippen molar-refractivity contribution in [1.29, 1.82) is 0 Å². The monoisotopic (exact) mass is 961 g/mol. The summed E-state index contributed by atoms with van der Waals surface area (Å²) in [6.07, 6.45) is 67.4. The number of hydrogen-bond donors (Lipinski definition) is 0. The van der Waals surface area contributed by atoms with E-state index in [-0.39, 0.29) is 0 Å². The van der Waals surface area contributed by atoms with Gasteiger partial charge in [0.15, 0.2) is 0 Å².